The molecule has 8 unspecified atom stereocenters. The number of carbonyl (C=O) groups is 2. The minimum atomic E-state index is -0.695. The monoisotopic (exact) mass is 376 g/mol. The lowest BCUT2D eigenvalue weighted by molar-refractivity contribution is -0.235. The summed E-state index contributed by atoms with van der Waals surface area (Å²) in [7, 11) is 0. The largest absolute Gasteiger partial charge is 0.436 e. The maximum absolute atomic E-state index is 12.2. The molecule has 0 aromatic carbocycles. The van der Waals surface area contributed by atoms with E-state index in [-0.39, 0.29) is 30.6 Å². The summed E-state index contributed by atoms with van der Waals surface area (Å²) in [6.45, 7) is 3.24. The van der Waals surface area contributed by atoms with Gasteiger partial charge in [-0.1, -0.05) is 24.3 Å². The quantitative estimate of drug-likeness (QED) is 0.368. The Balaban J connectivity index is 1.12. The number of fused-ring (bicyclic) bond motifs is 4. The van der Waals surface area contributed by atoms with E-state index in [0.717, 1.165) is 25.7 Å². The molecular formula is C21H28O6. The van der Waals surface area contributed by atoms with Gasteiger partial charge in [-0.2, -0.15) is 0 Å². The summed E-state index contributed by atoms with van der Waals surface area (Å²) in [6.07, 6.45) is 11.1. The average molecular weight is 376 g/mol. The fourth-order valence-corrected chi connectivity index (χ4v) is 4.90. The molecule has 0 radical (unpaired) electrons. The molecule has 0 amide bonds. The molecule has 0 spiro atoms. The first-order chi connectivity index (χ1) is 13.0. The van der Waals surface area contributed by atoms with E-state index >= 15 is 0 Å². The Kier molecular flexibility index (Phi) is 5.37. The van der Waals surface area contributed by atoms with E-state index in [0.29, 0.717) is 23.7 Å². The van der Waals surface area contributed by atoms with Gasteiger partial charge in [0, 0.05) is 0 Å². The first kappa shape index (κ1) is 18.7. The van der Waals surface area contributed by atoms with Crippen molar-refractivity contribution in [3.05, 3.63) is 24.3 Å². The smallest absolute Gasteiger partial charge is 0.311 e. The maximum atomic E-state index is 12.2. The van der Waals surface area contributed by atoms with Crippen LogP contribution in [0, 0.1) is 35.5 Å². The van der Waals surface area contributed by atoms with Gasteiger partial charge < -0.3 is 18.9 Å². The van der Waals surface area contributed by atoms with Crippen molar-refractivity contribution in [2.24, 2.45) is 35.5 Å². The van der Waals surface area contributed by atoms with Crippen molar-refractivity contribution in [2.75, 3.05) is 6.79 Å². The van der Waals surface area contributed by atoms with Gasteiger partial charge in [-0.05, 0) is 63.2 Å². The van der Waals surface area contributed by atoms with Gasteiger partial charge in [-0.25, -0.2) is 0 Å². The molecule has 2 fully saturated rings. The summed E-state index contributed by atoms with van der Waals surface area (Å²) in [5, 5.41) is 0. The van der Waals surface area contributed by atoms with Crippen molar-refractivity contribution < 1.29 is 28.5 Å². The van der Waals surface area contributed by atoms with Crippen LogP contribution in [-0.2, 0) is 28.5 Å². The van der Waals surface area contributed by atoms with Crippen molar-refractivity contribution in [3.63, 3.8) is 0 Å². The highest BCUT2D eigenvalue weighted by atomic mass is 16.8. The molecule has 0 aliphatic heterocycles. The molecule has 0 aromatic rings. The zero-order valence-corrected chi connectivity index (χ0v) is 15.9. The van der Waals surface area contributed by atoms with Crippen molar-refractivity contribution in [3.8, 4) is 0 Å². The second-order valence-corrected chi connectivity index (χ2v) is 8.23. The number of carbonyl (C=O) groups excluding carboxylic acids is 2. The number of ether oxygens (including phenoxy) is 4. The van der Waals surface area contributed by atoms with E-state index in [1.54, 1.807) is 13.8 Å². The molecule has 0 aromatic heterocycles. The van der Waals surface area contributed by atoms with Gasteiger partial charge in [-0.15, -0.1) is 0 Å². The lowest BCUT2D eigenvalue weighted by Crippen LogP contribution is -2.29. The second-order valence-electron chi connectivity index (χ2n) is 8.23. The first-order valence-electron chi connectivity index (χ1n) is 10.0. The topological polar surface area (TPSA) is 71.1 Å². The van der Waals surface area contributed by atoms with E-state index in [1.807, 2.05) is 0 Å². The van der Waals surface area contributed by atoms with Crippen LogP contribution in [0.5, 0.6) is 0 Å². The van der Waals surface area contributed by atoms with Crippen molar-refractivity contribution in [1.29, 1.82) is 0 Å². The summed E-state index contributed by atoms with van der Waals surface area (Å²) in [6, 6.07) is 0. The highest BCUT2D eigenvalue weighted by Gasteiger charge is 2.42. The van der Waals surface area contributed by atoms with Crippen LogP contribution >= 0.6 is 0 Å². The van der Waals surface area contributed by atoms with Crippen molar-refractivity contribution in [2.45, 2.75) is 52.1 Å². The van der Waals surface area contributed by atoms with Gasteiger partial charge in [0.1, 0.15) is 0 Å². The Hall–Kier alpha value is -1.66. The summed E-state index contributed by atoms with van der Waals surface area (Å²) in [4.78, 5) is 24.5. The zero-order chi connectivity index (χ0) is 19.0. The van der Waals surface area contributed by atoms with Crippen LogP contribution in [0.15, 0.2) is 24.3 Å². The summed E-state index contributed by atoms with van der Waals surface area (Å²) in [5.41, 5.74) is 0. The van der Waals surface area contributed by atoms with Crippen LogP contribution in [0.2, 0.25) is 0 Å². The molecular weight excluding hydrogens is 348 g/mol. The van der Waals surface area contributed by atoms with Gasteiger partial charge >= 0.3 is 11.9 Å². The summed E-state index contributed by atoms with van der Waals surface area (Å²) in [5.74, 6) is 1.15. The molecule has 4 aliphatic carbocycles. The van der Waals surface area contributed by atoms with Crippen LogP contribution in [0.25, 0.3) is 0 Å². The second kappa shape index (κ2) is 7.76. The number of hydrogen-bond donors (Lipinski definition) is 0. The van der Waals surface area contributed by atoms with E-state index in [1.165, 1.54) is 0 Å². The molecule has 4 aliphatic rings. The van der Waals surface area contributed by atoms with E-state index in [2.05, 4.69) is 24.3 Å². The van der Waals surface area contributed by atoms with Crippen LogP contribution in [0.3, 0.4) is 0 Å². The molecule has 0 N–H and O–H groups in total. The summed E-state index contributed by atoms with van der Waals surface area (Å²) >= 11 is 0. The van der Waals surface area contributed by atoms with E-state index in [9.17, 15) is 9.59 Å². The Bertz CT molecular complexity index is 587. The van der Waals surface area contributed by atoms with Crippen LogP contribution in [0.4, 0.5) is 0 Å². The van der Waals surface area contributed by atoms with E-state index in [4.69, 9.17) is 18.9 Å². The molecule has 6 nitrogen and oxygen atoms in total. The molecule has 6 heteroatoms. The highest BCUT2D eigenvalue weighted by molar-refractivity contribution is 5.74. The van der Waals surface area contributed by atoms with Gasteiger partial charge in [0.25, 0.3) is 0 Å². The maximum Gasteiger partial charge on any atom is 0.311 e. The number of rotatable bonds is 8. The first-order valence-corrected chi connectivity index (χ1v) is 10.0. The SMILES string of the molecule is CC(OCOC(C)OC(=O)C1CC2C=CC1C2)OC(=O)C1CC2C=CC1C2. The Labute approximate surface area is 159 Å². The van der Waals surface area contributed by atoms with Gasteiger partial charge in [-0.3, -0.25) is 9.59 Å². The minimum Gasteiger partial charge on any atom is -0.436 e. The van der Waals surface area contributed by atoms with Gasteiger partial charge in [0.05, 0.1) is 11.8 Å². The van der Waals surface area contributed by atoms with Crippen molar-refractivity contribution in [1.82, 2.24) is 0 Å². The standard InChI is InChI=1S/C21H28O6/c1-12(26-20(22)18-9-14-3-5-16(18)7-14)24-11-25-13(2)27-21(23)19-10-15-4-6-17(19)8-15/h3-6,12-19H,7-11H2,1-2H3. The molecule has 148 valence electrons. The Morgan fingerprint density at radius 1 is 0.778 bits per heavy atom. The molecule has 0 heterocycles. The number of allylic oxidation sites excluding steroid dienone is 4. The summed E-state index contributed by atoms with van der Waals surface area (Å²) < 4.78 is 21.5. The lowest BCUT2D eigenvalue weighted by Gasteiger charge is -2.22. The molecule has 2 saturated carbocycles. The lowest BCUT2D eigenvalue weighted by atomic mass is 9.94. The molecule has 4 rings (SSSR count). The fraction of sp³-hybridized carbons (Fsp3) is 0.714. The minimum absolute atomic E-state index is 0.0531. The molecule has 27 heavy (non-hydrogen) atoms. The molecule has 8 atom stereocenters. The third-order valence-electron chi connectivity index (χ3n) is 6.33. The molecule has 0 saturated heterocycles. The number of hydrogen-bond acceptors (Lipinski definition) is 6. The van der Waals surface area contributed by atoms with Crippen molar-refractivity contribution >= 4 is 11.9 Å². The third kappa shape index (κ3) is 4.11. The fourth-order valence-electron chi connectivity index (χ4n) is 4.90. The van der Waals surface area contributed by atoms with Crippen LogP contribution in [-0.4, -0.2) is 31.3 Å². The van der Waals surface area contributed by atoms with Crippen LogP contribution in [0.1, 0.15) is 39.5 Å². The highest BCUT2D eigenvalue weighted by Crippen LogP contribution is 2.44. The average Bonchev–Trinajstić information content (AvgIpc) is 3.41. The normalized spacial score (nSPS) is 37.6. The third-order valence-corrected chi connectivity index (χ3v) is 6.33. The van der Waals surface area contributed by atoms with Crippen LogP contribution < -0.4 is 0 Å². The zero-order valence-electron chi connectivity index (χ0n) is 15.9. The predicted octanol–water partition coefficient (Wildman–Crippen LogP) is 3.18. The van der Waals surface area contributed by atoms with Gasteiger partial charge in [0.2, 0.25) is 12.6 Å². The van der Waals surface area contributed by atoms with Gasteiger partial charge in [0.15, 0.2) is 6.79 Å². The van der Waals surface area contributed by atoms with E-state index < -0.39 is 12.6 Å². The number of esters is 2. The Morgan fingerprint density at radius 2 is 1.22 bits per heavy atom. The molecule has 4 bridgehead atoms. The Morgan fingerprint density at radius 3 is 1.56 bits per heavy atom. The predicted molar refractivity (Wildman–Crippen MR) is 95.8 cm³/mol.